The number of fused-ring (bicyclic) bond motifs is 1. The van der Waals surface area contributed by atoms with Crippen molar-refractivity contribution in [3.05, 3.63) is 30.3 Å². The highest BCUT2D eigenvalue weighted by molar-refractivity contribution is 5.78. The maximum atomic E-state index is 12.1. The predicted molar refractivity (Wildman–Crippen MR) is 69.3 cm³/mol. The van der Waals surface area contributed by atoms with Crippen LogP contribution in [0.2, 0.25) is 0 Å². The second-order valence-corrected chi connectivity index (χ2v) is 5.35. The van der Waals surface area contributed by atoms with Gasteiger partial charge in [0.25, 0.3) is 5.91 Å². The molecule has 0 bridgehead atoms. The summed E-state index contributed by atoms with van der Waals surface area (Å²) in [5, 5.41) is 0. The fraction of sp³-hybridized carbons (Fsp3) is 0.533. The van der Waals surface area contributed by atoms with E-state index in [0.29, 0.717) is 0 Å². The largest absolute Gasteiger partial charge is 0.484 e. The number of benzene rings is 1. The summed E-state index contributed by atoms with van der Waals surface area (Å²) in [5.74, 6) is 2.41. The zero-order chi connectivity index (χ0) is 12.4. The summed E-state index contributed by atoms with van der Waals surface area (Å²) in [6.45, 7) is 2.06. The minimum absolute atomic E-state index is 0.133. The average Bonchev–Trinajstić information content (AvgIpc) is 2.98. The molecule has 2 aliphatic rings. The number of amides is 1. The van der Waals surface area contributed by atoms with Crippen molar-refractivity contribution in [3.8, 4) is 5.75 Å². The van der Waals surface area contributed by atoms with Gasteiger partial charge in [-0.15, -0.1) is 0 Å². The van der Waals surface area contributed by atoms with Crippen molar-refractivity contribution in [1.82, 2.24) is 4.90 Å². The molecular weight excluding hydrogens is 226 g/mol. The third-order valence-corrected chi connectivity index (χ3v) is 4.18. The Hall–Kier alpha value is -1.51. The molecule has 18 heavy (non-hydrogen) atoms. The van der Waals surface area contributed by atoms with Crippen molar-refractivity contribution in [2.24, 2.45) is 11.8 Å². The Balaban J connectivity index is 1.50. The van der Waals surface area contributed by atoms with E-state index in [-0.39, 0.29) is 12.5 Å². The number of carbonyl (C=O) groups excluding carboxylic acids is 1. The first-order valence-electron chi connectivity index (χ1n) is 6.78. The molecule has 3 heteroatoms. The minimum atomic E-state index is 0.133. The Kier molecular flexibility index (Phi) is 3.22. The molecule has 0 spiro atoms. The lowest BCUT2D eigenvalue weighted by Crippen LogP contribution is -2.33. The predicted octanol–water partition coefficient (Wildman–Crippen LogP) is 2.32. The molecule has 1 amide bonds. The highest BCUT2D eigenvalue weighted by Gasteiger charge is 2.37. The smallest absolute Gasteiger partial charge is 0.260 e. The highest BCUT2D eigenvalue weighted by atomic mass is 16.5. The number of hydrogen-bond acceptors (Lipinski definition) is 2. The zero-order valence-corrected chi connectivity index (χ0v) is 10.5. The van der Waals surface area contributed by atoms with E-state index < -0.39 is 0 Å². The van der Waals surface area contributed by atoms with Gasteiger partial charge in [-0.1, -0.05) is 24.6 Å². The highest BCUT2D eigenvalue weighted by Crippen LogP contribution is 2.37. The molecule has 1 aromatic rings. The fourth-order valence-electron chi connectivity index (χ4n) is 3.19. The lowest BCUT2D eigenvalue weighted by molar-refractivity contribution is -0.132. The van der Waals surface area contributed by atoms with Crippen LogP contribution in [0.5, 0.6) is 5.75 Å². The van der Waals surface area contributed by atoms with Gasteiger partial charge in [0.05, 0.1) is 0 Å². The number of rotatable bonds is 3. The molecule has 1 aromatic carbocycles. The first kappa shape index (κ1) is 11.6. The van der Waals surface area contributed by atoms with Gasteiger partial charge < -0.3 is 9.64 Å². The van der Waals surface area contributed by atoms with Gasteiger partial charge in [0, 0.05) is 13.1 Å². The summed E-state index contributed by atoms with van der Waals surface area (Å²) in [6.07, 6.45) is 3.94. The molecule has 2 fully saturated rings. The molecule has 96 valence electrons. The summed E-state index contributed by atoms with van der Waals surface area (Å²) in [6, 6.07) is 9.54. The quantitative estimate of drug-likeness (QED) is 0.818. The molecule has 2 unspecified atom stereocenters. The van der Waals surface area contributed by atoms with Crippen LogP contribution in [0.3, 0.4) is 0 Å². The monoisotopic (exact) mass is 245 g/mol. The normalized spacial score (nSPS) is 26.1. The number of para-hydroxylation sites is 1. The van der Waals surface area contributed by atoms with Crippen molar-refractivity contribution < 1.29 is 9.53 Å². The van der Waals surface area contributed by atoms with Crippen LogP contribution < -0.4 is 4.74 Å². The first-order valence-corrected chi connectivity index (χ1v) is 6.78. The first-order chi connectivity index (χ1) is 8.83. The van der Waals surface area contributed by atoms with Gasteiger partial charge >= 0.3 is 0 Å². The minimum Gasteiger partial charge on any atom is -0.484 e. The Bertz CT molecular complexity index is 406. The van der Waals surface area contributed by atoms with Crippen molar-refractivity contribution in [2.45, 2.75) is 19.3 Å². The van der Waals surface area contributed by atoms with Gasteiger partial charge in [0.15, 0.2) is 6.61 Å². The van der Waals surface area contributed by atoms with E-state index in [0.717, 1.165) is 30.7 Å². The lowest BCUT2D eigenvalue weighted by atomic mass is 10.0. The fourth-order valence-corrected chi connectivity index (χ4v) is 3.19. The van der Waals surface area contributed by atoms with Crippen molar-refractivity contribution in [2.75, 3.05) is 19.7 Å². The average molecular weight is 245 g/mol. The van der Waals surface area contributed by atoms with Crippen LogP contribution >= 0.6 is 0 Å². The molecule has 1 heterocycles. The molecule has 1 saturated carbocycles. The molecule has 1 saturated heterocycles. The number of nitrogens with zero attached hydrogens (tertiary/aromatic N) is 1. The maximum Gasteiger partial charge on any atom is 0.260 e. The summed E-state index contributed by atoms with van der Waals surface area (Å²) in [7, 11) is 0. The van der Waals surface area contributed by atoms with Crippen LogP contribution in [0.4, 0.5) is 0 Å². The molecule has 0 aromatic heterocycles. The van der Waals surface area contributed by atoms with Gasteiger partial charge in [-0.05, 0) is 36.8 Å². The van der Waals surface area contributed by atoms with E-state index in [1.165, 1.54) is 19.3 Å². The summed E-state index contributed by atoms with van der Waals surface area (Å²) in [4.78, 5) is 14.0. The zero-order valence-electron chi connectivity index (χ0n) is 10.5. The second-order valence-electron chi connectivity index (χ2n) is 5.35. The number of likely N-dealkylation sites (tertiary alicyclic amines) is 1. The standard InChI is InChI=1S/C15H19NO2/c17-15(11-18-14-7-2-1-3-8-14)16-9-12-5-4-6-13(12)10-16/h1-3,7-8,12-13H,4-6,9-11H2. The van der Waals surface area contributed by atoms with Crippen LogP contribution in [-0.4, -0.2) is 30.5 Å². The van der Waals surface area contributed by atoms with Crippen molar-refractivity contribution in [1.29, 1.82) is 0 Å². The molecule has 2 atom stereocenters. The maximum absolute atomic E-state index is 12.1. The third-order valence-electron chi connectivity index (χ3n) is 4.18. The second kappa shape index (κ2) is 5.01. The van der Waals surface area contributed by atoms with Gasteiger partial charge in [0.1, 0.15) is 5.75 Å². The van der Waals surface area contributed by atoms with E-state index in [2.05, 4.69) is 0 Å². The Morgan fingerprint density at radius 2 is 1.83 bits per heavy atom. The molecule has 1 aliphatic heterocycles. The van der Waals surface area contributed by atoms with Gasteiger partial charge in [-0.25, -0.2) is 0 Å². The Morgan fingerprint density at radius 1 is 1.17 bits per heavy atom. The van der Waals surface area contributed by atoms with E-state index in [4.69, 9.17) is 4.74 Å². The van der Waals surface area contributed by atoms with E-state index >= 15 is 0 Å². The van der Waals surface area contributed by atoms with E-state index in [9.17, 15) is 4.79 Å². The number of ether oxygens (including phenoxy) is 1. The van der Waals surface area contributed by atoms with Crippen LogP contribution in [0, 0.1) is 11.8 Å². The lowest BCUT2D eigenvalue weighted by Gasteiger charge is -2.17. The summed E-state index contributed by atoms with van der Waals surface area (Å²) < 4.78 is 5.51. The summed E-state index contributed by atoms with van der Waals surface area (Å²) >= 11 is 0. The number of carbonyl (C=O) groups is 1. The SMILES string of the molecule is O=C(COc1ccccc1)N1CC2CCCC2C1. The van der Waals surface area contributed by atoms with Gasteiger partial charge in [0.2, 0.25) is 0 Å². The molecule has 0 radical (unpaired) electrons. The van der Waals surface area contributed by atoms with Crippen molar-refractivity contribution in [3.63, 3.8) is 0 Å². The molecule has 3 rings (SSSR count). The topological polar surface area (TPSA) is 29.5 Å². The van der Waals surface area contributed by atoms with Crippen LogP contribution in [0.25, 0.3) is 0 Å². The Labute approximate surface area is 108 Å². The molecule has 0 N–H and O–H groups in total. The van der Waals surface area contributed by atoms with Gasteiger partial charge in [-0.2, -0.15) is 0 Å². The van der Waals surface area contributed by atoms with Crippen LogP contribution in [0.1, 0.15) is 19.3 Å². The molecule has 1 aliphatic carbocycles. The Morgan fingerprint density at radius 3 is 2.50 bits per heavy atom. The van der Waals surface area contributed by atoms with E-state index in [1.54, 1.807) is 0 Å². The molecule has 3 nitrogen and oxygen atoms in total. The third kappa shape index (κ3) is 2.35. The van der Waals surface area contributed by atoms with Crippen LogP contribution in [0.15, 0.2) is 30.3 Å². The van der Waals surface area contributed by atoms with Gasteiger partial charge in [-0.3, -0.25) is 4.79 Å². The summed E-state index contributed by atoms with van der Waals surface area (Å²) in [5.41, 5.74) is 0. The van der Waals surface area contributed by atoms with Crippen molar-refractivity contribution >= 4 is 5.91 Å². The molecular formula is C15H19NO2. The van der Waals surface area contributed by atoms with Crippen LogP contribution in [-0.2, 0) is 4.79 Å². The van der Waals surface area contributed by atoms with E-state index in [1.807, 2.05) is 35.2 Å². The number of hydrogen-bond donors (Lipinski definition) is 0.